The third kappa shape index (κ3) is 4.27. The zero-order valence-electron chi connectivity index (χ0n) is 21.4. The minimum atomic E-state index is -0.313. The Morgan fingerprint density at radius 2 is 1.42 bits per heavy atom. The lowest BCUT2D eigenvalue weighted by Gasteiger charge is -2.38. The number of benzene rings is 2. The summed E-state index contributed by atoms with van der Waals surface area (Å²) in [6.07, 6.45) is 5.15. The average Bonchev–Trinajstić information content (AvgIpc) is 2.90. The summed E-state index contributed by atoms with van der Waals surface area (Å²) in [7, 11) is 0. The van der Waals surface area contributed by atoms with Gasteiger partial charge in [-0.25, -0.2) is 10.9 Å². The van der Waals surface area contributed by atoms with Crippen molar-refractivity contribution in [3.05, 3.63) is 42.0 Å². The molecule has 4 aliphatic heterocycles. The molecule has 4 N–H and O–H groups in total. The highest BCUT2D eigenvalue weighted by atomic mass is 16.5. The number of hydrogen-bond donors (Lipinski definition) is 3. The largest absolute Gasteiger partial charge is 0.483 e. The molecule has 2 unspecified atom stereocenters. The third-order valence-electron chi connectivity index (χ3n) is 7.67. The van der Waals surface area contributed by atoms with Crippen LogP contribution in [0.2, 0.25) is 0 Å². The standard InChI is InChI=1S/C16H19N3O2.C11H12N4O2/c1-10-16(20)18-17-15-9-21-14-6-5-12(7-11-3-2-4-11)8-13(14)19(10)15;1-6-11(16)14-13-10-5-17-9-3-2-7(12)4-8(9)15(6)10/h5-6,8,10-11H,2-4,7,9H2,1H3,(H,18,20);2-4,6H,5,12H2,1H3,(H,14,16). The number of nitrogen functional groups attached to an aromatic ring is 1. The van der Waals surface area contributed by atoms with Crippen LogP contribution >= 0.6 is 0 Å². The van der Waals surface area contributed by atoms with Crippen molar-refractivity contribution in [3.63, 3.8) is 0 Å². The summed E-state index contributed by atoms with van der Waals surface area (Å²) in [5, 5.41) is 8.11. The number of anilines is 3. The second-order valence-electron chi connectivity index (χ2n) is 10.2. The van der Waals surface area contributed by atoms with E-state index in [1.165, 1.54) is 24.8 Å². The van der Waals surface area contributed by atoms with Gasteiger partial charge < -0.3 is 25.0 Å². The Hall–Kier alpha value is -4.28. The minimum Gasteiger partial charge on any atom is -0.483 e. The number of hydrogen-bond acceptors (Lipinski definition) is 9. The Labute approximate surface area is 220 Å². The molecule has 2 atom stereocenters. The maximum absolute atomic E-state index is 11.9. The fourth-order valence-electron chi connectivity index (χ4n) is 5.27. The van der Waals surface area contributed by atoms with Crippen LogP contribution in [0.3, 0.4) is 0 Å². The van der Waals surface area contributed by atoms with Gasteiger partial charge in [0.1, 0.15) is 36.8 Å². The van der Waals surface area contributed by atoms with E-state index in [4.69, 9.17) is 15.2 Å². The van der Waals surface area contributed by atoms with Crippen molar-refractivity contribution in [3.8, 4) is 11.5 Å². The molecule has 2 aromatic carbocycles. The number of carbonyl (C=O) groups is 2. The van der Waals surface area contributed by atoms with Gasteiger partial charge in [0, 0.05) is 5.69 Å². The SMILES string of the molecule is CC1C(=O)NN=C2COc3ccc(CC4CCC4)cc3N21.CC1C(=O)NN=C2COc3ccc(N)cc3N21. The van der Waals surface area contributed by atoms with Gasteiger partial charge in [0.15, 0.2) is 11.7 Å². The first-order chi connectivity index (χ1) is 18.4. The van der Waals surface area contributed by atoms with E-state index < -0.39 is 0 Å². The number of nitrogens with two attached hydrogens (primary N) is 1. The summed E-state index contributed by atoms with van der Waals surface area (Å²) in [4.78, 5) is 27.3. The molecule has 0 spiro atoms. The van der Waals surface area contributed by atoms with Crippen molar-refractivity contribution in [2.45, 2.75) is 51.6 Å². The molecule has 198 valence electrons. The van der Waals surface area contributed by atoms with E-state index in [0.717, 1.165) is 41.0 Å². The van der Waals surface area contributed by atoms with Gasteiger partial charge in [0.05, 0.1) is 11.4 Å². The molecule has 0 saturated heterocycles. The van der Waals surface area contributed by atoms with Crippen molar-refractivity contribution < 1.29 is 19.1 Å². The topological polar surface area (TPSA) is 134 Å². The molecule has 2 aromatic rings. The average molecular weight is 518 g/mol. The number of carbonyl (C=O) groups excluding carboxylic acids is 2. The molecule has 0 aromatic heterocycles. The molecule has 0 radical (unpaired) electrons. The van der Waals surface area contributed by atoms with E-state index in [-0.39, 0.29) is 23.9 Å². The molecule has 2 amide bonds. The van der Waals surface area contributed by atoms with Crippen molar-refractivity contribution in [1.82, 2.24) is 10.9 Å². The van der Waals surface area contributed by atoms with Crippen LogP contribution in [-0.2, 0) is 16.0 Å². The summed E-state index contributed by atoms with van der Waals surface area (Å²) in [5.74, 6) is 3.64. The molecule has 38 heavy (non-hydrogen) atoms. The predicted octanol–water partition coefficient (Wildman–Crippen LogP) is 2.36. The molecule has 7 rings (SSSR count). The third-order valence-corrected chi connectivity index (χ3v) is 7.67. The molecule has 5 aliphatic rings. The maximum Gasteiger partial charge on any atom is 0.262 e. The second-order valence-corrected chi connectivity index (χ2v) is 10.2. The summed E-state index contributed by atoms with van der Waals surface area (Å²) < 4.78 is 11.3. The summed E-state index contributed by atoms with van der Waals surface area (Å²) >= 11 is 0. The number of amidine groups is 2. The van der Waals surface area contributed by atoms with Gasteiger partial charge in [-0.15, -0.1) is 0 Å². The van der Waals surface area contributed by atoms with Crippen LogP contribution < -0.4 is 35.9 Å². The van der Waals surface area contributed by atoms with Gasteiger partial charge in [-0.05, 0) is 62.1 Å². The highest BCUT2D eigenvalue weighted by Gasteiger charge is 2.36. The van der Waals surface area contributed by atoms with Crippen molar-refractivity contribution >= 4 is 40.5 Å². The molecular weight excluding hydrogens is 486 g/mol. The van der Waals surface area contributed by atoms with E-state index in [9.17, 15) is 9.59 Å². The molecule has 0 bridgehead atoms. The van der Waals surface area contributed by atoms with E-state index in [2.05, 4.69) is 33.2 Å². The maximum atomic E-state index is 11.9. The Morgan fingerprint density at radius 1 is 0.868 bits per heavy atom. The fraction of sp³-hybridized carbons (Fsp3) is 0.407. The Morgan fingerprint density at radius 3 is 1.97 bits per heavy atom. The molecule has 1 aliphatic carbocycles. The monoisotopic (exact) mass is 517 g/mol. The number of amides is 2. The number of fused-ring (bicyclic) bond motifs is 6. The van der Waals surface area contributed by atoms with E-state index >= 15 is 0 Å². The van der Waals surface area contributed by atoms with Crippen LogP contribution in [0.25, 0.3) is 0 Å². The second kappa shape index (κ2) is 9.55. The number of nitrogens with zero attached hydrogens (tertiary/aromatic N) is 4. The molecule has 11 heteroatoms. The van der Waals surface area contributed by atoms with E-state index in [1.807, 2.05) is 29.7 Å². The quantitative estimate of drug-likeness (QED) is 0.521. The zero-order chi connectivity index (χ0) is 26.4. The first-order valence-electron chi connectivity index (χ1n) is 13.0. The van der Waals surface area contributed by atoms with Gasteiger partial charge in [-0.3, -0.25) is 9.59 Å². The van der Waals surface area contributed by atoms with Crippen LogP contribution in [0, 0.1) is 5.92 Å². The summed E-state index contributed by atoms with van der Waals surface area (Å²) in [6, 6.07) is 11.1. The molecule has 1 fully saturated rings. The van der Waals surface area contributed by atoms with E-state index in [0.29, 0.717) is 24.7 Å². The van der Waals surface area contributed by atoms with Crippen LogP contribution in [-0.4, -0.2) is 48.8 Å². The molecule has 1 saturated carbocycles. The highest BCUT2D eigenvalue weighted by Crippen LogP contribution is 2.38. The number of nitrogens with one attached hydrogen (secondary N) is 2. The van der Waals surface area contributed by atoms with Gasteiger partial charge >= 0.3 is 0 Å². The first-order valence-corrected chi connectivity index (χ1v) is 13.0. The first kappa shape index (κ1) is 24.1. The van der Waals surface area contributed by atoms with Gasteiger partial charge in [-0.1, -0.05) is 25.3 Å². The summed E-state index contributed by atoms with van der Waals surface area (Å²) in [6.45, 7) is 4.47. The van der Waals surface area contributed by atoms with E-state index in [1.54, 1.807) is 18.2 Å². The lowest BCUT2D eigenvalue weighted by molar-refractivity contribution is -0.123. The normalized spacial score (nSPS) is 23.2. The van der Waals surface area contributed by atoms with Gasteiger partial charge in [0.2, 0.25) is 0 Å². The van der Waals surface area contributed by atoms with Crippen LogP contribution in [0.4, 0.5) is 17.1 Å². The molecule has 11 nitrogen and oxygen atoms in total. The molecular formula is C27H31N7O4. The Balaban J connectivity index is 0.000000142. The number of hydrazone groups is 2. The highest BCUT2D eigenvalue weighted by molar-refractivity contribution is 6.10. The van der Waals surface area contributed by atoms with Crippen LogP contribution in [0.1, 0.15) is 38.7 Å². The Kier molecular flexibility index (Phi) is 6.05. The minimum absolute atomic E-state index is 0.0732. The Bertz CT molecular complexity index is 1350. The van der Waals surface area contributed by atoms with Gasteiger partial charge in [0.25, 0.3) is 11.8 Å². The smallest absolute Gasteiger partial charge is 0.262 e. The van der Waals surface area contributed by atoms with Crippen molar-refractivity contribution in [1.29, 1.82) is 0 Å². The lowest BCUT2D eigenvalue weighted by Crippen LogP contribution is -2.55. The van der Waals surface area contributed by atoms with Crippen LogP contribution in [0.15, 0.2) is 46.6 Å². The zero-order valence-corrected chi connectivity index (χ0v) is 21.4. The van der Waals surface area contributed by atoms with Crippen molar-refractivity contribution in [2.75, 3.05) is 28.7 Å². The summed E-state index contributed by atoms with van der Waals surface area (Å²) in [5.41, 5.74) is 14.5. The van der Waals surface area contributed by atoms with Gasteiger partial charge in [-0.2, -0.15) is 10.2 Å². The number of rotatable bonds is 2. The molecule has 4 heterocycles. The van der Waals surface area contributed by atoms with Crippen molar-refractivity contribution in [2.24, 2.45) is 16.1 Å². The fourth-order valence-corrected chi connectivity index (χ4v) is 5.27. The predicted molar refractivity (Wildman–Crippen MR) is 144 cm³/mol. The number of ether oxygens (including phenoxy) is 2. The lowest BCUT2D eigenvalue weighted by atomic mass is 9.81. The van der Waals surface area contributed by atoms with Crippen LogP contribution in [0.5, 0.6) is 11.5 Å².